The quantitative estimate of drug-likeness (QED) is 0.511. The Morgan fingerprint density at radius 3 is 2.53 bits per heavy atom. The molecule has 0 saturated heterocycles. The second-order valence-electron chi connectivity index (χ2n) is 7.06. The third-order valence-electron chi connectivity index (χ3n) is 5.20. The van der Waals surface area contributed by atoms with E-state index < -0.39 is 5.97 Å². The molecule has 0 fully saturated rings. The number of anilines is 1. The summed E-state index contributed by atoms with van der Waals surface area (Å²) in [6, 6.07) is 21.1. The maximum absolute atomic E-state index is 11.8. The number of nitrogens with one attached hydrogen (secondary N) is 1. The molecule has 0 bridgehead atoms. The van der Waals surface area contributed by atoms with Crippen LogP contribution in [0, 0.1) is 18.3 Å². The van der Waals surface area contributed by atoms with Gasteiger partial charge in [-0.1, -0.05) is 48.5 Å². The molecule has 0 saturated carbocycles. The first-order chi connectivity index (χ1) is 14.5. The summed E-state index contributed by atoms with van der Waals surface area (Å²) < 4.78 is 1.89. The van der Waals surface area contributed by atoms with Crippen LogP contribution in [0.4, 0.5) is 5.95 Å². The smallest absolute Gasteiger partial charge is 0.337 e. The van der Waals surface area contributed by atoms with Crippen molar-refractivity contribution in [1.29, 1.82) is 5.26 Å². The van der Waals surface area contributed by atoms with Crippen molar-refractivity contribution in [2.24, 2.45) is 0 Å². The van der Waals surface area contributed by atoms with E-state index in [1.165, 1.54) is 0 Å². The van der Waals surface area contributed by atoms with E-state index in [0.29, 0.717) is 29.1 Å². The summed E-state index contributed by atoms with van der Waals surface area (Å²) in [5, 5.41) is 22.1. The lowest BCUT2D eigenvalue weighted by atomic mass is 9.99. The second-order valence-corrected chi connectivity index (χ2v) is 7.06. The van der Waals surface area contributed by atoms with E-state index in [-0.39, 0.29) is 5.56 Å². The summed E-state index contributed by atoms with van der Waals surface area (Å²) in [6.07, 6.45) is 0. The largest absolute Gasteiger partial charge is 0.478 e. The summed E-state index contributed by atoms with van der Waals surface area (Å²) in [7, 11) is 1.77. The fraction of sp³-hybridized carbons (Fsp3) is 0.125. The van der Waals surface area contributed by atoms with Gasteiger partial charge in [-0.15, -0.1) is 0 Å². The van der Waals surface area contributed by atoms with Crippen LogP contribution < -0.4 is 5.32 Å². The normalized spacial score (nSPS) is 10.7. The lowest BCUT2D eigenvalue weighted by molar-refractivity contribution is 0.0698. The highest BCUT2D eigenvalue weighted by Crippen LogP contribution is 2.28. The molecule has 6 nitrogen and oxygen atoms in total. The Morgan fingerprint density at radius 2 is 1.87 bits per heavy atom. The monoisotopic (exact) mass is 396 g/mol. The van der Waals surface area contributed by atoms with Crippen LogP contribution >= 0.6 is 0 Å². The lowest BCUT2D eigenvalue weighted by Crippen LogP contribution is -2.08. The fourth-order valence-electron chi connectivity index (χ4n) is 3.69. The van der Waals surface area contributed by atoms with Gasteiger partial charge < -0.3 is 15.0 Å². The van der Waals surface area contributed by atoms with E-state index in [1.54, 1.807) is 25.2 Å². The van der Waals surface area contributed by atoms with Crippen molar-refractivity contribution in [3.63, 3.8) is 0 Å². The van der Waals surface area contributed by atoms with Gasteiger partial charge in [0.25, 0.3) is 0 Å². The lowest BCUT2D eigenvalue weighted by Gasteiger charge is -2.11. The molecule has 148 valence electrons. The molecule has 0 atom stereocenters. The predicted octanol–water partition coefficient (Wildman–Crippen LogP) is 4.67. The minimum Gasteiger partial charge on any atom is -0.478 e. The minimum absolute atomic E-state index is 0.226. The molecule has 0 radical (unpaired) electrons. The third kappa shape index (κ3) is 3.27. The molecule has 2 N–H and O–H groups in total. The Balaban J connectivity index is 1.77. The maximum atomic E-state index is 11.8. The highest BCUT2D eigenvalue weighted by atomic mass is 16.4. The van der Waals surface area contributed by atoms with E-state index in [0.717, 1.165) is 22.3 Å². The number of nitriles is 1. The third-order valence-corrected chi connectivity index (χ3v) is 5.20. The molecule has 0 amide bonds. The first-order valence-electron chi connectivity index (χ1n) is 9.52. The van der Waals surface area contributed by atoms with Gasteiger partial charge >= 0.3 is 5.97 Å². The summed E-state index contributed by atoms with van der Waals surface area (Å²) in [5.74, 6) is -0.368. The van der Waals surface area contributed by atoms with Gasteiger partial charge in [0.05, 0.1) is 34.8 Å². The molecule has 3 aromatic carbocycles. The van der Waals surface area contributed by atoms with Crippen LogP contribution in [0.1, 0.15) is 27.0 Å². The number of hydrogen-bond donors (Lipinski definition) is 2. The van der Waals surface area contributed by atoms with Crippen molar-refractivity contribution >= 4 is 23.0 Å². The van der Waals surface area contributed by atoms with Crippen LogP contribution in [0.2, 0.25) is 0 Å². The van der Waals surface area contributed by atoms with E-state index in [1.807, 2.05) is 54.0 Å². The van der Waals surface area contributed by atoms with Crippen LogP contribution in [0.3, 0.4) is 0 Å². The molecule has 6 heteroatoms. The van der Waals surface area contributed by atoms with E-state index in [4.69, 9.17) is 0 Å². The Morgan fingerprint density at radius 1 is 1.13 bits per heavy atom. The molecular formula is C24H20N4O2. The highest BCUT2D eigenvalue weighted by Gasteiger charge is 2.19. The fourth-order valence-corrected chi connectivity index (χ4v) is 3.69. The Kier molecular flexibility index (Phi) is 4.95. The van der Waals surface area contributed by atoms with Crippen molar-refractivity contribution in [3.05, 3.63) is 82.9 Å². The Bertz CT molecular complexity index is 1300. The van der Waals surface area contributed by atoms with Gasteiger partial charge in [-0.25, -0.2) is 9.78 Å². The van der Waals surface area contributed by atoms with Crippen molar-refractivity contribution in [1.82, 2.24) is 9.55 Å². The number of hydrogen-bond acceptors (Lipinski definition) is 4. The van der Waals surface area contributed by atoms with Gasteiger partial charge in [-0.05, 0) is 41.3 Å². The number of aromatic nitrogens is 2. The molecule has 0 aliphatic rings. The SMILES string of the molecule is CNc1nc2c(C)ccc(C(=O)O)c2n1Cc1ccc(-c2ccccc2C#N)cc1. The number of carboxylic acids is 1. The number of fused-ring (bicyclic) bond motifs is 1. The average molecular weight is 396 g/mol. The van der Waals surface area contributed by atoms with E-state index >= 15 is 0 Å². The summed E-state index contributed by atoms with van der Waals surface area (Å²) >= 11 is 0. The summed E-state index contributed by atoms with van der Waals surface area (Å²) in [4.78, 5) is 16.4. The van der Waals surface area contributed by atoms with Crippen LogP contribution in [0.5, 0.6) is 0 Å². The molecule has 0 unspecified atom stereocenters. The first-order valence-corrected chi connectivity index (χ1v) is 9.52. The van der Waals surface area contributed by atoms with Crippen molar-refractivity contribution in [2.75, 3.05) is 12.4 Å². The standard InChI is InChI=1S/C24H20N4O2/c1-15-7-12-20(23(29)30)22-21(15)27-24(26-2)28(22)14-16-8-10-17(11-9-16)19-6-4-3-5-18(19)13-25/h3-12H,14H2,1-2H3,(H,26,27)(H,29,30). The van der Waals surface area contributed by atoms with Crippen molar-refractivity contribution in [2.45, 2.75) is 13.5 Å². The molecule has 4 aromatic rings. The topological polar surface area (TPSA) is 90.9 Å². The second kappa shape index (κ2) is 7.72. The van der Waals surface area contributed by atoms with Crippen molar-refractivity contribution in [3.8, 4) is 17.2 Å². The zero-order chi connectivity index (χ0) is 21.3. The number of aryl methyl sites for hydroxylation is 1. The number of nitrogens with zero attached hydrogens (tertiary/aromatic N) is 3. The van der Waals surface area contributed by atoms with Gasteiger partial charge in [0.2, 0.25) is 5.95 Å². The molecule has 1 heterocycles. The zero-order valence-corrected chi connectivity index (χ0v) is 16.7. The van der Waals surface area contributed by atoms with Crippen LogP contribution in [0.15, 0.2) is 60.7 Å². The van der Waals surface area contributed by atoms with Crippen LogP contribution in [-0.4, -0.2) is 27.7 Å². The van der Waals surface area contributed by atoms with Crippen molar-refractivity contribution < 1.29 is 9.90 Å². The predicted molar refractivity (Wildman–Crippen MR) is 117 cm³/mol. The molecule has 0 aliphatic carbocycles. The van der Waals surface area contributed by atoms with Crippen LogP contribution in [0.25, 0.3) is 22.2 Å². The zero-order valence-electron chi connectivity index (χ0n) is 16.7. The maximum Gasteiger partial charge on any atom is 0.337 e. The molecule has 30 heavy (non-hydrogen) atoms. The number of carboxylic acid groups (broad SMARTS) is 1. The number of carbonyl (C=O) groups is 1. The van der Waals surface area contributed by atoms with Gasteiger partial charge in [-0.2, -0.15) is 5.26 Å². The Hall–Kier alpha value is -4.11. The number of imidazole rings is 1. The van der Waals surface area contributed by atoms with Crippen LogP contribution in [-0.2, 0) is 6.54 Å². The molecule has 0 aliphatic heterocycles. The molecule has 4 rings (SSSR count). The number of rotatable bonds is 5. The summed E-state index contributed by atoms with van der Waals surface area (Å²) in [6.45, 7) is 2.39. The van der Waals surface area contributed by atoms with E-state index in [9.17, 15) is 15.2 Å². The number of benzene rings is 3. The summed E-state index contributed by atoms with van der Waals surface area (Å²) in [5.41, 5.74) is 5.91. The van der Waals surface area contributed by atoms with Gasteiger partial charge in [0.1, 0.15) is 0 Å². The molecular weight excluding hydrogens is 376 g/mol. The first kappa shape index (κ1) is 19.2. The molecule has 0 spiro atoms. The Labute approximate surface area is 174 Å². The highest BCUT2D eigenvalue weighted by molar-refractivity contribution is 6.02. The van der Waals surface area contributed by atoms with Gasteiger partial charge in [0, 0.05) is 7.05 Å². The van der Waals surface area contributed by atoms with Gasteiger partial charge in [0.15, 0.2) is 0 Å². The average Bonchev–Trinajstić information content (AvgIpc) is 3.13. The van der Waals surface area contributed by atoms with Gasteiger partial charge in [-0.3, -0.25) is 0 Å². The minimum atomic E-state index is -0.979. The number of aromatic carboxylic acids is 1. The molecule has 1 aromatic heterocycles. The van der Waals surface area contributed by atoms with E-state index in [2.05, 4.69) is 16.4 Å².